The topological polar surface area (TPSA) is 118 Å². The molecular weight excluding hydrogens is 220 g/mol. The van der Waals surface area contributed by atoms with Gasteiger partial charge in [-0.15, -0.1) is 0 Å². The van der Waals surface area contributed by atoms with Crippen LogP contribution in [0.3, 0.4) is 0 Å². The second-order valence-corrected chi connectivity index (χ2v) is 2.42. The van der Waals surface area contributed by atoms with Gasteiger partial charge in [0.2, 0.25) is 0 Å². The Labute approximate surface area is 89.6 Å². The first-order valence-electron chi connectivity index (χ1n) is 3.93. The van der Waals surface area contributed by atoms with E-state index in [1.165, 1.54) is 0 Å². The van der Waals surface area contributed by atoms with E-state index < -0.39 is 30.3 Å². The molecule has 0 aliphatic rings. The Morgan fingerprint density at radius 1 is 0.875 bits per heavy atom. The number of aliphatic carboxylic acids is 2. The molecule has 0 radical (unpaired) electrons. The van der Waals surface area contributed by atoms with E-state index in [4.69, 9.17) is 10.2 Å². The van der Waals surface area contributed by atoms with E-state index in [9.17, 15) is 19.2 Å². The Balaban J connectivity index is 3.97. The Morgan fingerprint density at radius 3 is 1.88 bits per heavy atom. The summed E-state index contributed by atoms with van der Waals surface area (Å²) in [5.41, 5.74) is 0. The van der Waals surface area contributed by atoms with Gasteiger partial charge in [0.15, 0.2) is 12.4 Å². The highest BCUT2D eigenvalue weighted by atomic mass is 16.5. The number of hydrogen-bond donors (Lipinski definition) is 2. The standard InChI is InChI=1S/C9H8O7/c10-6(1-2-7(11)12)5-16-9(15)4-3-8(13)14/h1-4H,5H2,(H,11,12)(H,13,14)/b2-1+,4-3+. The lowest BCUT2D eigenvalue weighted by Gasteiger charge is -1.96. The van der Waals surface area contributed by atoms with Crippen molar-refractivity contribution >= 4 is 23.7 Å². The van der Waals surface area contributed by atoms with Crippen LogP contribution in [0.25, 0.3) is 0 Å². The van der Waals surface area contributed by atoms with Gasteiger partial charge in [0, 0.05) is 18.2 Å². The summed E-state index contributed by atoms with van der Waals surface area (Å²) >= 11 is 0. The van der Waals surface area contributed by atoms with E-state index in [1.807, 2.05) is 0 Å². The predicted molar refractivity (Wildman–Crippen MR) is 49.5 cm³/mol. The molecule has 0 heterocycles. The molecule has 0 aromatic heterocycles. The third-order valence-electron chi connectivity index (χ3n) is 1.13. The largest absolute Gasteiger partial charge is 0.478 e. The zero-order valence-electron chi connectivity index (χ0n) is 7.95. The van der Waals surface area contributed by atoms with Gasteiger partial charge in [0.25, 0.3) is 0 Å². The molecule has 86 valence electrons. The van der Waals surface area contributed by atoms with Gasteiger partial charge in [-0.1, -0.05) is 0 Å². The van der Waals surface area contributed by atoms with Crippen molar-refractivity contribution in [1.82, 2.24) is 0 Å². The van der Waals surface area contributed by atoms with E-state index >= 15 is 0 Å². The molecule has 0 unspecified atom stereocenters. The number of ketones is 1. The Morgan fingerprint density at radius 2 is 1.38 bits per heavy atom. The summed E-state index contributed by atoms with van der Waals surface area (Å²) in [4.78, 5) is 41.5. The number of ether oxygens (including phenoxy) is 1. The number of carbonyl (C=O) groups is 4. The van der Waals surface area contributed by atoms with Crippen molar-refractivity contribution in [2.75, 3.05) is 6.61 Å². The summed E-state index contributed by atoms with van der Waals surface area (Å²) in [7, 11) is 0. The van der Waals surface area contributed by atoms with E-state index in [-0.39, 0.29) is 0 Å². The average Bonchev–Trinajstić information content (AvgIpc) is 2.20. The maximum atomic E-state index is 10.8. The fraction of sp³-hybridized carbons (Fsp3) is 0.111. The molecule has 0 fully saturated rings. The van der Waals surface area contributed by atoms with Crippen LogP contribution in [0.15, 0.2) is 24.3 Å². The number of carbonyl (C=O) groups excluding carboxylic acids is 2. The van der Waals surface area contributed by atoms with Gasteiger partial charge in [-0.05, 0) is 6.08 Å². The van der Waals surface area contributed by atoms with Crippen LogP contribution >= 0.6 is 0 Å². The minimum atomic E-state index is -1.32. The first kappa shape index (κ1) is 13.6. The van der Waals surface area contributed by atoms with Crippen molar-refractivity contribution in [3.05, 3.63) is 24.3 Å². The van der Waals surface area contributed by atoms with E-state index in [0.717, 1.165) is 6.08 Å². The van der Waals surface area contributed by atoms with Gasteiger partial charge in [0.1, 0.15) is 0 Å². The molecule has 0 aromatic rings. The summed E-state index contributed by atoms with van der Waals surface area (Å²) < 4.78 is 4.30. The lowest BCUT2D eigenvalue weighted by atomic mass is 10.3. The van der Waals surface area contributed by atoms with Gasteiger partial charge in [0.05, 0.1) is 0 Å². The van der Waals surface area contributed by atoms with Gasteiger partial charge in [-0.3, -0.25) is 4.79 Å². The number of carboxylic acid groups (broad SMARTS) is 2. The average molecular weight is 228 g/mol. The van der Waals surface area contributed by atoms with Crippen molar-refractivity contribution < 1.29 is 34.1 Å². The van der Waals surface area contributed by atoms with Crippen LogP contribution in [0.4, 0.5) is 0 Å². The van der Waals surface area contributed by atoms with Crippen LogP contribution in [0, 0.1) is 0 Å². The van der Waals surface area contributed by atoms with Crippen LogP contribution in [0.1, 0.15) is 0 Å². The minimum Gasteiger partial charge on any atom is -0.478 e. The molecule has 16 heavy (non-hydrogen) atoms. The first-order valence-corrected chi connectivity index (χ1v) is 3.93. The molecule has 0 saturated carbocycles. The number of carboxylic acids is 2. The van der Waals surface area contributed by atoms with Crippen LogP contribution < -0.4 is 0 Å². The second kappa shape index (κ2) is 6.93. The van der Waals surface area contributed by atoms with Gasteiger partial charge < -0.3 is 14.9 Å². The molecule has 0 aliphatic carbocycles. The number of rotatable bonds is 6. The first-order chi connectivity index (χ1) is 7.41. The monoisotopic (exact) mass is 228 g/mol. The minimum absolute atomic E-state index is 0.555. The highest BCUT2D eigenvalue weighted by molar-refractivity contribution is 5.97. The maximum absolute atomic E-state index is 10.8. The zero-order valence-corrected chi connectivity index (χ0v) is 7.95. The molecule has 0 spiro atoms. The van der Waals surface area contributed by atoms with Crippen LogP contribution in [0.2, 0.25) is 0 Å². The fourth-order valence-corrected chi connectivity index (χ4v) is 0.542. The highest BCUT2D eigenvalue weighted by Crippen LogP contribution is 1.85. The van der Waals surface area contributed by atoms with Gasteiger partial charge in [-0.25, -0.2) is 14.4 Å². The van der Waals surface area contributed by atoms with Crippen molar-refractivity contribution in [3.8, 4) is 0 Å². The Bertz CT molecular complexity index is 328. The molecule has 0 saturated heterocycles. The molecular formula is C9H8O7. The smallest absolute Gasteiger partial charge is 0.331 e. The third-order valence-corrected chi connectivity index (χ3v) is 1.13. The zero-order chi connectivity index (χ0) is 12.6. The van der Waals surface area contributed by atoms with Crippen LogP contribution in [-0.2, 0) is 23.9 Å². The maximum Gasteiger partial charge on any atom is 0.331 e. The quantitative estimate of drug-likeness (QED) is 0.459. The van der Waals surface area contributed by atoms with Gasteiger partial charge in [-0.2, -0.15) is 0 Å². The Kier molecular flexibility index (Phi) is 5.88. The summed E-state index contributed by atoms with van der Waals surface area (Å²) in [6, 6.07) is 0. The van der Waals surface area contributed by atoms with Crippen molar-refractivity contribution in [2.45, 2.75) is 0 Å². The lowest BCUT2D eigenvalue weighted by Crippen LogP contribution is -2.10. The molecule has 0 aliphatic heterocycles. The molecule has 0 aromatic carbocycles. The summed E-state index contributed by atoms with van der Waals surface area (Å²) in [5.74, 6) is -4.35. The van der Waals surface area contributed by atoms with Crippen molar-refractivity contribution in [1.29, 1.82) is 0 Å². The summed E-state index contributed by atoms with van der Waals surface area (Å²) in [5, 5.41) is 16.3. The molecule has 0 amide bonds. The normalized spacial score (nSPS) is 10.5. The summed E-state index contributed by atoms with van der Waals surface area (Å²) in [6.07, 6.45) is 2.52. The van der Waals surface area contributed by atoms with E-state index in [1.54, 1.807) is 0 Å². The molecule has 2 N–H and O–H groups in total. The predicted octanol–water partition coefficient (Wildman–Crippen LogP) is -0.620. The van der Waals surface area contributed by atoms with Gasteiger partial charge >= 0.3 is 17.9 Å². The fourth-order valence-electron chi connectivity index (χ4n) is 0.542. The molecule has 0 atom stereocenters. The van der Waals surface area contributed by atoms with E-state index in [0.29, 0.717) is 18.2 Å². The van der Waals surface area contributed by atoms with Crippen LogP contribution in [-0.4, -0.2) is 40.5 Å². The SMILES string of the molecule is O=C(O)/C=C/C(=O)COC(=O)/C=C/C(=O)O. The van der Waals surface area contributed by atoms with Crippen molar-refractivity contribution in [3.63, 3.8) is 0 Å². The number of esters is 1. The van der Waals surface area contributed by atoms with Crippen LogP contribution in [0.5, 0.6) is 0 Å². The summed E-state index contributed by atoms with van der Waals surface area (Å²) in [6.45, 7) is -0.646. The Hall–Kier alpha value is -2.44. The molecule has 0 bridgehead atoms. The molecule has 7 heteroatoms. The van der Waals surface area contributed by atoms with E-state index in [2.05, 4.69) is 4.74 Å². The lowest BCUT2D eigenvalue weighted by molar-refractivity contribution is -0.142. The highest BCUT2D eigenvalue weighted by Gasteiger charge is 2.02. The molecule has 0 rings (SSSR count). The number of hydrogen-bond acceptors (Lipinski definition) is 5. The molecule has 7 nitrogen and oxygen atoms in total. The second-order valence-electron chi connectivity index (χ2n) is 2.42. The third kappa shape index (κ3) is 8.17. The van der Waals surface area contributed by atoms with Crippen molar-refractivity contribution in [2.24, 2.45) is 0 Å².